The van der Waals surface area contributed by atoms with Crippen molar-refractivity contribution in [2.45, 2.75) is 53.2 Å². The lowest BCUT2D eigenvalue weighted by molar-refractivity contribution is -0.0284. The summed E-state index contributed by atoms with van der Waals surface area (Å²) in [5.41, 5.74) is 7.31. The summed E-state index contributed by atoms with van der Waals surface area (Å²) in [7, 11) is 0. The third-order valence-electron chi connectivity index (χ3n) is 3.12. The minimum atomic E-state index is -0.215. The molecule has 0 aliphatic rings. The van der Waals surface area contributed by atoms with E-state index in [0.29, 0.717) is 13.2 Å². The molecule has 0 aliphatic carbocycles. The monoisotopic (exact) mass is 280 g/mol. The molecule has 1 aromatic rings. The summed E-state index contributed by atoms with van der Waals surface area (Å²) in [4.78, 5) is 4.22. The number of hydrogen-bond donors (Lipinski definition) is 1. The van der Waals surface area contributed by atoms with Crippen molar-refractivity contribution >= 4 is 0 Å². The van der Waals surface area contributed by atoms with Crippen LogP contribution in [0.25, 0.3) is 0 Å². The number of pyridine rings is 1. The van der Waals surface area contributed by atoms with Gasteiger partial charge in [-0.3, -0.25) is 4.98 Å². The predicted octanol–water partition coefficient (Wildman–Crippen LogP) is 3.32. The molecule has 0 fully saturated rings. The molecule has 2 unspecified atom stereocenters. The summed E-state index contributed by atoms with van der Waals surface area (Å²) in [5.74, 6) is 0.768. The Balaban J connectivity index is 2.91. The Bertz CT molecular complexity index is 402. The lowest BCUT2D eigenvalue weighted by Crippen LogP contribution is -2.39. The van der Waals surface area contributed by atoms with Gasteiger partial charge in [0.05, 0.1) is 24.9 Å². The number of nitrogens with two attached hydrogens (primary N) is 1. The fourth-order valence-electron chi connectivity index (χ4n) is 2.16. The van der Waals surface area contributed by atoms with Crippen LogP contribution in [0.15, 0.2) is 18.5 Å². The van der Waals surface area contributed by atoms with E-state index in [9.17, 15) is 0 Å². The zero-order chi connectivity index (χ0) is 15.2. The van der Waals surface area contributed by atoms with E-state index in [2.05, 4.69) is 32.7 Å². The number of aromatic nitrogens is 1. The summed E-state index contributed by atoms with van der Waals surface area (Å²) in [6.07, 6.45) is 4.43. The van der Waals surface area contributed by atoms with Gasteiger partial charge in [-0.15, -0.1) is 0 Å². The highest BCUT2D eigenvalue weighted by molar-refractivity contribution is 5.27. The lowest BCUT2D eigenvalue weighted by atomic mass is 9.82. The third kappa shape index (κ3) is 4.76. The molecule has 0 radical (unpaired) electrons. The maximum atomic E-state index is 6.39. The number of rotatable bonds is 7. The Hall–Kier alpha value is -1.13. The largest absolute Gasteiger partial charge is 0.492 e. The molecule has 0 spiro atoms. The SMILES string of the molecule is CCCOc1cncc(C(N)C(OCC)C(C)(C)C)c1. The van der Waals surface area contributed by atoms with Crippen molar-refractivity contribution in [3.8, 4) is 5.75 Å². The molecule has 2 N–H and O–H groups in total. The van der Waals surface area contributed by atoms with Gasteiger partial charge >= 0.3 is 0 Å². The standard InChI is InChI=1S/C16H28N2O2/c1-6-8-20-13-9-12(10-18-11-13)14(17)15(19-7-2)16(3,4)5/h9-11,14-15H,6-8,17H2,1-5H3. The predicted molar refractivity (Wildman–Crippen MR) is 81.8 cm³/mol. The first-order valence-electron chi connectivity index (χ1n) is 7.35. The Labute approximate surface area is 122 Å². The van der Waals surface area contributed by atoms with Crippen LogP contribution in [-0.4, -0.2) is 24.3 Å². The topological polar surface area (TPSA) is 57.4 Å². The molecule has 0 saturated heterocycles. The van der Waals surface area contributed by atoms with Crippen LogP contribution < -0.4 is 10.5 Å². The minimum Gasteiger partial charge on any atom is -0.492 e. The summed E-state index contributed by atoms with van der Waals surface area (Å²) >= 11 is 0. The fourth-order valence-corrected chi connectivity index (χ4v) is 2.16. The van der Waals surface area contributed by atoms with Crippen molar-refractivity contribution in [3.63, 3.8) is 0 Å². The molecule has 114 valence electrons. The second-order valence-electron chi connectivity index (χ2n) is 6.07. The van der Waals surface area contributed by atoms with Crippen molar-refractivity contribution in [3.05, 3.63) is 24.0 Å². The molecule has 1 heterocycles. The van der Waals surface area contributed by atoms with Crippen molar-refractivity contribution in [2.24, 2.45) is 11.1 Å². The van der Waals surface area contributed by atoms with Crippen molar-refractivity contribution in [1.29, 1.82) is 0 Å². The average molecular weight is 280 g/mol. The molecule has 4 heteroatoms. The highest BCUT2D eigenvalue weighted by atomic mass is 16.5. The maximum Gasteiger partial charge on any atom is 0.137 e. The van der Waals surface area contributed by atoms with E-state index >= 15 is 0 Å². The van der Waals surface area contributed by atoms with E-state index < -0.39 is 0 Å². The van der Waals surface area contributed by atoms with Gasteiger partial charge in [0.25, 0.3) is 0 Å². The van der Waals surface area contributed by atoms with Crippen LogP contribution >= 0.6 is 0 Å². The van der Waals surface area contributed by atoms with Crippen LogP contribution in [-0.2, 0) is 4.74 Å². The molecule has 2 atom stereocenters. The Kier molecular flexibility index (Phi) is 6.43. The minimum absolute atomic E-state index is 0.0320. The van der Waals surface area contributed by atoms with Gasteiger partial charge in [-0.05, 0) is 30.4 Å². The average Bonchev–Trinajstić information content (AvgIpc) is 2.41. The highest BCUT2D eigenvalue weighted by Gasteiger charge is 2.32. The zero-order valence-corrected chi connectivity index (χ0v) is 13.3. The molecule has 1 rings (SSSR count). The molecular weight excluding hydrogens is 252 g/mol. The number of ether oxygens (including phenoxy) is 2. The quantitative estimate of drug-likeness (QED) is 0.832. The molecule has 4 nitrogen and oxygen atoms in total. The molecule has 0 bridgehead atoms. The van der Waals surface area contributed by atoms with E-state index in [0.717, 1.165) is 17.7 Å². The van der Waals surface area contributed by atoms with Crippen LogP contribution in [0.4, 0.5) is 0 Å². The summed E-state index contributed by atoms with van der Waals surface area (Å²) < 4.78 is 11.5. The lowest BCUT2D eigenvalue weighted by Gasteiger charge is -2.35. The van der Waals surface area contributed by atoms with Gasteiger partial charge in [0.2, 0.25) is 0 Å². The van der Waals surface area contributed by atoms with E-state index in [-0.39, 0.29) is 17.6 Å². The van der Waals surface area contributed by atoms with Crippen molar-refractivity contribution in [2.75, 3.05) is 13.2 Å². The molecule has 1 aromatic heterocycles. The van der Waals surface area contributed by atoms with Crippen LogP contribution in [0, 0.1) is 5.41 Å². The van der Waals surface area contributed by atoms with Gasteiger partial charge in [-0.25, -0.2) is 0 Å². The van der Waals surface area contributed by atoms with Gasteiger partial charge < -0.3 is 15.2 Å². The van der Waals surface area contributed by atoms with E-state index in [1.165, 1.54) is 0 Å². The molecule has 0 aromatic carbocycles. The molecular formula is C16H28N2O2. The summed E-state index contributed by atoms with van der Waals surface area (Å²) in [5, 5.41) is 0. The first kappa shape index (κ1) is 16.9. The van der Waals surface area contributed by atoms with Crippen LogP contribution in [0.2, 0.25) is 0 Å². The Morgan fingerprint density at radius 3 is 2.50 bits per heavy atom. The number of hydrogen-bond acceptors (Lipinski definition) is 4. The molecule has 0 amide bonds. The van der Waals surface area contributed by atoms with Gasteiger partial charge in [0.15, 0.2) is 0 Å². The maximum absolute atomic E-state index is 6.39. The van der Waals surface area contributed by atoms with Gasteiger partial charge in [-0.1, -0.05) is 27.7 Å². The van der Waals surface area contributed by atoms with Gasteiger partial charge in [-0.2, -0.15) is 0 Å². The van der Waals surface area contributed by atoms with E-state index in [4.69, 9.17) is 15.2 Å². The van der Waals surface area contributed by atoms with Crippen molar-refractivity contribution < 1.29 is 9.47 Å². The first-order chi connectivity index (χ1) is 9.40. The van der Waals surface area contributed by atoms with Crippen LogP contribution in [0.5, 0.6) is 5.75 Å². The smallest absolute Gasteiger partial charge is 0.137 e. The van der Waals surface area contributed by atoms with Gasteiger partial charge in [0.1, 0.15) is 5.75 Å². The van der Waals surface area contributed by atoms with E-state index in [1.54, 1.807) is 12.4 Å². The van der Waals surface area contributed by atoms with Gasteiger partial charge in [0, 0.05) is 12.8 Å². The highest BCUT2D eigenvalue weighted by Crippen LogP contribution is 2.32. The normalized spacial score (nSPS) is 14.9. The second-order valence-corrected chi connectivity index (χ2v) is 6.07. The molecule has 20 heavy (non-hydrogen) atoms. The van der Waals surface area contributed by atoms with Crippen LogP contribution in [0.1, 0.15) is 52.6 Å². The van der Waals surface area contributed by atoms with Crippen LogP contribution in [0.3, 0.4) is 0 Å². The first-order valence-corrected chi connectivity index (χ1v) is 7.35. The van der Waals surface area contributed by atoms with Crippen molar-refractivity contribution in [1.82, 2.24) is 4.98 Å². The van der Waals surface area contributed by atoms with E-state index in [1.807, 2.05) is 13.0 Å². The molecule has 0 saturated carbocycles. The third-order valence-corrected chi connectivity index (χ3v) is 3.12. The zero-order valence-electron chi connectivity index (χ0n) is 13.3. The Morgan fingerprint density at radius 2 is 1.95 bits per heavy atom. The summed E-state index contributed by atoms with van der Waals surface area (Å²) in [6.45, 7) is 11.8. The fraction of sp³-hybridized carbons (Fsp3) is 0.688. The Morgan fingerprint density at radius 1 is 1.25 bits per heavy atom. The summed E-state index contributed by atoms with van der Waals surface area (Å²) in [6, 6.07) is 1.75. The second kappa shape index (κ2) is 7.60. The molecule has 0 aliphatic heterocycles. The number of nitrogens with zero attached hydrogens (tertiary/aromatic N) is 1.